The molecular formula is C11H9ClN4O3. The molecule has 0 aliphatic heterocycles. The van der Waals surface area contributed by atoms with E-state index in [1.165, 1.54) is 0 Å². The Labute approximate surface area is 111 Å². The molecule has 0 bridgehead atoms. The number of anilines is 1. The zero-order valence-corrected chi connectivity index (χ0v) is 10.5. The van der Waals surface area contributed by atoms with Crippen LogP contribution in [0.25, 0.3) is 0 Å². The first-order valence-electron chi connectivity index (χ1n) is 5.24. The van der Waals surface area contributed by atoms with Crippen molar-refractivity contribution in [3.63, 3.8) is 0 Å². The van der Waals surface area contributed by atoms with Crippen LogP contribution in [0.15, 0.2) is 27.8 Å². The number of aryl methyl sites for hydroxylation is 1. The number of benzene rings is 1. The smallest absolute Gasteiger partial charge is 0.320 e. The quantitative estimate of drug-likeness (QED) is 0.751. The molecule has 0 fully saturated rings. The number of nitrogens with one attached hydrogen (secondary N) is 3. The van der Waals surface area contributed by atoms with E-state index in [1.807, 2.05) is 10.1 Å². The molecular weight excluding hydrogens is 272 g/mol. The Morgan fingerprint density at radius 3 is 2.79 bits per heavy atom. The highest BCUT2D eigenvalue weighted by molar-refractivity contribution is 6.31. The second-order valence-electron chi connectivity index (χ2n) is 3.77. The molecule has 0 saturated carbocycles. The number of rotatable bonds is 2. The van der Waals surface area contributed by atoms with Crippen molar-refractivity contribution in [3.8, 4) is 0 Å². The van der Waals surface area contributed by atoms with Gasteiger partial charge in [0.2, 0.25) is 5.69 Å². The van der Waals surface area contributed by atoms with Gasteiger partial charge in [-0.2, -0.15) is 5.10 Å². The Morgan fingerprint density at radius 2 is 2.11 bits per heavy atom. The van der Waals surface area contributed by atoms with Crippen molar-refractivity contribution in [2.45, 2.75) is 6.92 Å². The summed E-state index contributed by atoms with van der Waals surface area (Å²) in [5.41, 5.74) is -0.830. The Kier molecular flexibility index (Phi) is 3.48. The van der Waals surface area contributed by atoms with Crippen molar-refractivity contribution in [1.82, 2.24) is 15.2 Å². The molecule has 0 atom stereocenters. The van der Waals surface area contributed by atoms with Crippen LogP contribution in [-0.4, -0.2) is 21.1 Å². The van der Waals surface area contributed by atoms with E-state index < -0.39 is 22.9 Å². The molecule has 3 N–H and O–H groups in total. The summed E-state index contributed by atoms with van der Waals surface area (Å²) < 4.78 is 0. The van der Waals surface area contributed by atoms with Crippen molar-refractivity contribution in [2.75, 3.05) is 5.32 Å². The average Bonchev–Trinajstić information content (AvgIpc) is 2.33. The van der Waals surface area contributed by atoms with Crippen LogP contribution in [0.4, 0.5) is 5.69 Å². The molecule has 0 aliphatic carbocycles. The Hall–Kier alpha value is -2.41. The SMILES string of the molecule is Cc1ccc(Cl)cc1NC(=O)c1n[nH]c(=O)[nH]c1=O. The minimum atomic E-state index is -0.860. The number of nitrogens with zero attached hydrogens (tertiary/aromatic N) is 1. The minimum absolute atomic E-state index is 0.432. The summed E-state index contributed by atoms with van der Waals surface area (Å²) in [6, 6.07) is 4.95. The van der Waals surface area contributed by atoms with Crippen molar-refractivity contribution in [2.24, 2.45) is 0 Å². The number of carbonyl (C=O) groups excluding carboxylic acids is 1. The van der Waals surface area contributed by atoms with Gasteiger partial charge in [-0.15, -0.1) is 0 Å². The van der Waals surface area contributed by atoms with Gasteiger partial charge in [-0.1, -0.05) is 17.7 Å². The zero-order chi connectivity index (χ0) is 14.0. The second-order valence-corrected chi connectivity index (χ2v) is 4.21. The van der Waals surface area contributed by atoms with Crippen LogP contribution in [0.3, 0.4) is 0 Å². The lowest BCUT2D eigenvalue weighted by atomic mass is 10.2. The van der Waals surface area contributed by atoms with Crippen LogP contribution in [0, 0.1) is 6.92 Å². The first kappa shape index (κ1) is 13.0. The molecule has 0 spiro atoms. The summed E-state index contributed by atoms with van der Waals surface area (Å²) >= 11 is 5.82. The van der Waals surface area contributed by atoms with Gasteiger partial charge in [0.05, 0.1) is 0 Å². The summed E-state index contributed by atoms with van der Waals surface area (Å²) in [6.45, 7) is 1.77. The first-order chi connectivity index (χ1) is 8.97. The second kappa shape index (κ2) is 5.07. The number of aromatic nitrogens is 3. The molecule has 0 aliphatic rings. The largest absolute Gasteiger partial charge is 0.342 e. The normalized spacial score (nSPS) is 10.2. The summed E-state index contributed by atoms with van der Waals surface area (Å²) in [7, 11) is 0. The predicted octanol–water partition coefficient (Wildman–Crippen LogP) is 0.672. The van der Waals surface area contributed by atoms with E-state index >= 15 is 0 Å². The highest BCUT2D eigenvalue weighted by Crippen LogP contribution is 2.20. The fraction of sp³-hybridized carbons (Fsp3) is 0.0909. The third-order valence-corrected chi connectivity index (χ3v) is 2.61. The van der Waals surface area contributed by atoms with E-state index in [4.69, 9.17) is 11.6 Å². The lowest BCUT2D eigenvalue weighted by Crippen LogP contribution is -2.32. The molecule has 7 nitrogen and oxygen atoms in total. The fourth-order valence-electron chi connectivity index (χ4n) is 1.41. The third-order valence-electron chi connectivity index (χ3n) is 2.37. The number of halogens is 1. The molecule has 1 aromatic heterocycles. The summed E-state index contributed by atoms with van der Waals surface area (Å²) in [5, 5.41) is 8.33. The molecule has 0 unspecified atom stereocenters. The molecule has 8 heteroatoms. The monoisotopic (exact) mass is 280 g/mol. The van der Waals surface area contributed by atoms with Gasteiger partial charge in [0.1, 0.15) is 0 Å². The van der Waals surface area contributed by atoms with E-state index in [2.05, 4.69) is 10.4 Å². The number of aromatic amines is 2. The number of hydrogen-bond acceptors (Lipinski definition) is 4. The van der Waals surface area contributed by atoms with Crippen LogP contribution in [0.1, 0.15) is 16.1 Å². The van der Waals surface area contributed by atoms with Crippen molar-refractivity contribution < 1.29 is 4.79 Å². The van der Waals surface area contributed by atoms with Crippen molar-refractivity contribution >= 4 is 23.2 Å². The van der Waals surface area contributed by atoms with Gasteiger partial charge in [0, 0.05) is 10.7 Å². The van der Waals surface area contributed by atoms with E-state index in [1.54, 1.807) is 25.1 Å². The van der Waals surface area contributed by atoms with Gasteiger partial charge in [0.25, 0.3) is 11.5 Å². The maximum absolute atomic E-state index is 11.9. The zero-order valence-electron chi connectivity index (χ0n) is 9.78. The fourth-order valence-corrected chi connectivity index (χ4v) is 1.58. The van der Waals surface area contributed by atoms with Gasteiger partial charge in [-0.3, -0.25) is 14.6 Å². The first-order valence-corrected chi connectivity index (χ1v) is 5.61. The van der Waals surface area contributed by atoms with Gasteiger partial charge in [0.15, 0.2) is 0 Å². The van der Waals surface area contributed by atoms with E-state index in [0.717, 1.165) is 5.56 Å². The van der Waals surface area contributed by atoms with Gasteiger partial charge in [-0.05, 0) is 24.6 Å². The molecule has 1 heterocycles. The topological polar surface area (TPSA) is 108 Å². The number of amides is 1. The van der Waals surface area contributed by atoms with Gasteiger partial charge < -0.3 is 5.32 Å². The predicted molar refractivity (Wildman–Crippen MR) is 69.6 cm³/mol. The molecule has 0 radical (unpaired) electrons. The molecule has 2 rings (SSSR count). The standard InChI is InChI=1S/C11H9ClN4O3/c1-5-2-3-6(12)4-7(5)13-9(17)8-10(18)14-11(19)16-15-8/h2-4H,1H3,(H,13,17)(H2,14,16,18,19). The number of hydrogen-bond donors (Lipinski definition) is 3. The lowest BCUT2D eigenvalue weighted by Gasteiger charge is -2.07. The maximum Gasteiger partial charge on any atom is 0.342 e. The Morgan fingerprint density at radius 1 is 1.37 bits per heavy atom. The molecule has 2 aromatic rings. The third kappa shape index (κ3) is 2.89. The Balaban J connectivity index is 2.33. The minimum Gasteiger partial charge on any atom is -0.320 e. The van der Waals surface area contributed by atoms with E-state index in [-0.39, 0.29) is 0 Å². The molecule has 98 valence electrons. The Bertz CT molecular complexity index is 750. The summed E-state index contributed by atoms with van der Waals surface area (Å²) in [4.78, 5) is 36.0. The molecule has 0 saturated heterocycles. The van der Waals surface area contributed by atoms with Crippen LogP contribution in [0.2, 0.25) is 5.02 Å². The van der Waals surface area contributed by atoms with Crippen LogP contribution in [0.5, 0.6) is 0 Å². The maximum atomic E-state index is 11.9. The van der Waals surface area contributed by atoms with E-state index in [9.17, 15) is 14.4 Å². The van der Waals surface area contributed by atoms with Crippen LogP contribution in [-0.2, 0) is 0 Å². The van der Waals surface area contributed by atoms with Gasteiger partial charge >= 0.3 is 5.69 Å². The molecule has 19 heavy (non-hydrogen) atoms. The highest BCUT2D eigenvalue weighted by Gasteiger charge is 2.14. The summed E-state index contributed by atoms with van der Waals surface area (Å²) in [5.74, 6) is -0.733. The lowest BCUT2D eigenvalue weighted by molar-refractivity contribution is 0.101. The van der Waals surface area contributed by atoms with Crippen LogP contribution < -0.4 is 16.6 Å². The molecule has 1 amide bonds. The highest BCUT2D eigenvalue weighted by atomic mass is 35.5. The van der Waals surface area contributed by atoms with E-state index in [0.29, 0.717) is 10.7 Å². The molecule has 1 aromatic carbocycles. The average molecular weight is 281 g/mol. The number of H-pyrrole nitrogens is 2. The van der Waals surface area contributed by atoms with Crippen molar-refractivity contribution in [3.05, 3.63) is 55.3 Å². The number of carbonyl (C=O) groups is 1. The van der Waals surface area contributed by atoms with Gasteiger partial charge in [-0.25, -0.2) is 9.89 Å². The summed E-state index contributed by atoms with van der Waals surface area (Å²) in [6.07, 6.45) is 0. The van der Waals surface area contributed by atoms with Crippen LogP contribution >= 0.6 is 11.6 Å². The van der Waals surface area contributed by atoms with Crippen molar-refractivity contribution in [1.29, 1.82) is 0 Å².